The van der Waals surface area contributed by atoms with E-state index >= 15 is 0 Å². The molecular weight excluding hydrogens is 344 g/mol. The summed E-state index contributed by atoms with van der Waals surface area (Å²) in [4.78, 5) is 13.4. The van der Waals surface area contributed by atoms with Gasteiger partial charge in [-0.1, -0.05) is 24.3 Å². The van der Waals surface area contributed by atoms with Crippen LogP contribution in [0.25, 0.3) is 0 Å². The van der Waals surface area contributed by atoms with Crippen molar-refractivity contribution < 1.29 is 15.4 Å². The maximum atomic E-state index is 11.5. The van der Waals surface area contributed by atoms with Gasteiger partial charge in [-0.25, -0.2) is 0 Å². The lowest BCUT2D eigenvalue weighted by atomic mass is 10.1. The zero-order valence-corrected chi connectivity index (χ0v) is 14.9. The maximum Gasteiger partial charge on any atom is 0.312 e. The topological polar surface area (TPSA) is 107 Å². The predicted molar refractivity (Wildman–Crippen MR) is 98.0 cm³/mol. The second-order valence-corrected chi connectivity index (χ2v) is 7.21. The van der Waals surface area contributed by atoms with Crippen LogP contribution in [0.2, 0.25) is 0 Å². The first-order valence-electron chi connectivity index (χ1n) is 9.07. The molecule has 1 heterocycles. The van der Waals surface area contributed by atoms with Gasteiger partial charge < -0.3 is 10.5 Å². The van der Waals surface area contributed by atoms with Gasteiger partial charge in [0.1, 0.15) is 6.10 Å². The fourth-order valence-electron chi connectivity index (χ4n) is 4.13. The molecule has 1 saturated heterocycles. The lowest BCUT2D eigenvalue weighted by Crippen LogP contribution is -2.62. The molecule has 0 amide bonds. The summed E-state index contributed by atoms with van der Waals surface area (Å²) in [6.45, 7) is 1.87. The third kappa shape index (κ3) is 3.25. The number of likely N-dealkylation sites (tertiary alicyclic amines) is 1. The molecule has 0 bridgehead atoms. The van der Waals surface area contributed by atoms with Crippen LogP contribution in [0.15, 0.2) is 42.5 Å². The van der Waals surface area contributed by atoms with Crippen molar-refractivity contribution in [1.29, 1.82) is 5.26 Å². The third-order valence-corrected chi connectivity index (χ3v) is 5.47. The SMILES string of the molecule is N#Cc1ccc(O[C@@H]2c3ccccc3C[C@H]2N2CC[C@@H]([NH3+])C2)c([N+](=O)[O-])c1. The summed E-state index contributed by atoms with van der Waals surface area (Å²) in [5.74, 6) is 0.205. The van der Waals surface area contributed by atoms with Gasteiger partial charge in [0.15, 0.2) is 5.75 Å². The number of rotatable bonds is 4. The van der Waals surface area contributed by atoms with E-state index in [2.05, 4.69) is 16.7 Å². The average Bonchev–Trinajstić information content (AvgIpc) is 3.26. The van der Waals surface area contributed by atoms with Crippen molar-refractivity contribution in [2.24, 2.45) is 0 Å². The van der Waals surface area contributed by atoms with Gasteiger partial charge in [0.25, 0.3) is 0 Å². The Morgan fingerprint density at radius 2 is 2.11 bits per heavy atom. The average molecular weight is 365 g/mol. The second kappa shape index (κ2) is 6.99. The van der Waals surface area contributed by atoms with E-state index in [0.29, 0.717) is 6.04 Å². The van der Waals surface area contributed by atoms with Crippen LogP contribution in [0.3, 0.4) is 0 Å². The summed E-state index contributed by atoms with van der Waals surface area (Å²) in [5, 5.41) is 20.5. The van der Waals surface area contributed by atoms with Crippen LogP contribution >= 0.6 is 0 Å². The Balaban J connectivity index is 1.70. The molecule has 3 N–H and O–H groups in total. The number of quaternary nitrogens is 1. The molecule has 2 aromatic rings. The van der Waals surface area contributed by atoms with E-state index in [1.165, 1.54) is 17.7 Å². The zero-order valence-electron chi connectivity index (χ0n) is 14.9. The summed E-state index contributed by atoms with van der Waals surface area (Å²) in [6, 6.07) is 14.9. The number of hydrogen-bond acceptors (Lipinski definition) is 5. The predicted octanol–water partition coefficient (Wildman–Crippen LogP) is 1.83. The fourth-order valence-corrected chi connectivity index (χ4v) is 4.13. The first kappa shape index (κ1) is 17.5. The molecule has 27 heavy (non-hydrogen) atoms. The number of ether oxygens (including phenoxy) is 1. The van der Waals surface area contributed by atoms with E-state index in [1.807, 2.05) is 24.3 Å². The molecule has 4 rings (SSSR count). The Morgan fingerprint density at radius 1 is 1.30 bits per heavy atom. The molecule has 0 saturated carbocycles. The van der Waals surface area contributed by atoms with Crippen LogP contribution in [0.5, 0.6) is 5.75 Å². The van der Waals surface area contributed by atoms with Crippen LogP contribution in [-0.2, 0) is 6.42 Å². The molecule has 1 fully saturated rings. The van der Waals surface area contributed by atoms with Crippen LogP contribution in [0.4, 0.5) is 5.69 Å². The molecule has 3 atom stereocenters. The molecule has 1 aliphatic carbocycles. The number of hydrogen-bond donors (Lipinski definition) is 1. The summed E-state index contributed by atoms with van der Waals surface area (Å²) in [5.41, 5.74) is 6.54. The number of nitriles is 1. The van der Waals surface area contributed by atoms with Crippen molar-refractivity contribution in [1.82, 2.24) is 4.90 Å². The van der Waals surface area contributed by atoms with Crippen LogP contribution < -0.4 is 10.5 Å². The highest BCUT2D eigenvalue weighted by molar-refractivity contribution is 5.52. The monoisotopic (exact) mass is 365 g/mol. The van der Waals surface area contributed by atoms with Crippen molar-refractivity contribution in [3.8, 4) is 11.8 Å². The first-order chi connectivity index (χ1) is 13.1. The van der Waals surface area contributed by atoms with Gasteiger partial charge in [-0.3, -0.25) is 15.0 Å². The summed E-state index contributed by atoms with van der Waals surface area (Å²) in [6.07, 6.45) is 1.63. The number of nitro benzene ring substituents is 1. The lowest BCUT2D eigenvalue weighted by Gasteiger charge is -2.29. The molecule has 2 aromatic carbocycles. The van der Waals surface area contributed by atoms with E-state index in [0.717, 1.165) is 31.5 Å². The summed E-state index contributed by atoms with van der Waals surface area (Å²) >= 11 is 0. The van der Waals surface area contributed by atoms with Gasteiger partial charge in [-0.2, -0.15) is 5.26 Å². The fraction of sp³-hybridized carbons (Fsp3) is 0.350. The van der Waals surface area contributed by atoms with Crippen molar-refractivity contribution in [3.63, 3.8) is 0 Å². The Kier molecular flexibility index (Phi) is 4.52. The minimum atomic E-state index is -0.492. The third-order valence-electron chi connectivity index (χ3n) is 5.47. The van der Waals surface area contributed by atoms with Gasteiger partial charge in [-0.15, -0.1) is 0 Å². The maximum absolute atomic E-state index is 11.5. The molecule has 0 aromatic heterocycles. The van der Waals surface area contributed by atoms with Gasteiger partial charge in [-0.05, 0) is 29.7 Å². The molecular formula is C20H21N4O3+. The molecule has 0 unspecified atom stereocenters. The highest BCUT2D eigenvalue weighted by atomic mass is 16.6. The van der Waals surface area contributed by atoms with Gasteiger partial charge in [0.05, 0.1) is 35.2 Å². The van der Waals surface area contributed by atoms with E-state index in [4.69, 9.17) is 10.00 Å². The Hall–Kier alpha value is -2.95. The van der Waals surface area contributed by atoms with Gasteiger partial charge in [0, 0.05) is 19.0 Å². The van der Waals surface area contributed by atoms with Crippen LogP contribution in [0, 0.1) is 21.4 Å². The Morgan fingerprint density at radius 3 is 2.81 bits per heavy atom. The van der Waals surface area contributed by atoms with Gasteiger partial charge in [0.2, 0.25) is 0 Å². The number of nitro groups is 1. The molecule has 7 heteroatoms. The van der Waals surface area contributed by atoms with E-state index in [9.17, 15) is 10.1 Å². The summed E-state index contributed by atoms with van der Waals surface area (Å²) < 4.78 is 6.24. The number of benzene rings is 2. The van der Waals surface area contributed by atoms with Crippen LogP contribution in [0.1, 0.15) is 29.2 Å². The van der Waals surface area contributed by atoms with Crippen molar-refractivity contribution >= 4 is 5.69 Å². The standard InChI is InChI=1S/C20H20N4O3/c21-11-13-5-6-19(17(9-13)24(25)26)27-20-16-4-2-1-3-14(16)10-18(20)23-8-7-15(22)12-23/h1-6,9,15,18,20H,7-8,10,12,22H2/p+1/t15-,18-,20-/m1/s1. The van der Waals surface area contributed by atoms with Gasteiger partial charge >= 0.3 is 5.69 Å². The van der Waals surface area contributed by atoms with Crippen LogP contribution in [-0.4, -0.2) is 35.0 Å². The molecule has 1 aliphatic heterocycles. The Bertz CT molecular complexity index is 924. The molecule has 2 aliphatic rings. The van der Waals surface area contributed by atoms with Crippen molar-refractivity contribution in [2.45, 2.75) is 31.0 Å². The molecule has 138 valence electrons. The van der Waals surface area contributed by atoms with E-state index < -0.39 is 4.92 Å². The quantitative estimate of drug-likeness (QED) is 0.657. The minimum Gasteiger partial charge on any atom is -0.477 e. The van der Waals surface area contributed by atoms with E-state index in [1.54, 1.807) is 6.07 Å². The smallest absolute Gasteiger partial charge is 0.312 e. The van der Waals surface area contributed by atoms with E-state index in [-0.39, 0.29) is 29.1 Å². The number of fused-ring (bicyclic) bond motifs is 1. The largest absolute Gasteiger partial charge is 0.477 e. The molecule has 7 nitrogen and oxygen atoms in total. The first-order valence-corrected chi connectivity index (χ1v) is 9.07. The van der Waals surface area contributed by atoms with Crippen molar-refractivity contribution in [3.05, 3.63) is 69.3 Å². The normalized spacial score (nSPS) is 24.4. The lowest BCUT2D eigenvalue weighted by molar-refractivity contribution is -0.414. The second-order valence-electron chi connectivity index (χ2n) is 7.21. The highest BCUT2D eigenvalue weighted by Gasteiger charge is 2.41. The summed E-state index contributed by atoms with van der Waals surface area (Å²) in [7, 11) is 0. The molecule has 0 spiro atoms. The Labute approximate surface area is 157 Å². The minimum absolute atomic E-state index is 0.129. The zero-order chi connectivity index (χ0) is 19.0. The molecule has 0 radical (unpaired) electrons. The van der Waals surface area contributed by atoms with Crippen molar-refractivity contribution in [2.75, 3.05) is 13.1 Å². The highest BCUT2D eigenvalue weighted by Crippen LogP contribution is 2.41. The number of nitrogens with zero attached hydrogens (tertiary/aromatic N) is 3.